The van der Waals surface area contributed by atoms with Crippen LogP contribution in [-0.4, -0.2) is 16.1 Å². The molecule has 1 aliphatic rings. The van der Waals surface area contributed by atoms with Crippen LogP contribution in [0.25, 0.3) is 0 Å². The van der Waals surface area contributed by atoms with E-state index in [2.05, 4.69) is 13.8 Å². The molecule has 22 heavy (non-hydrogen) atoms. The molecule has 0 bridgehead atoms. The summed E-state index contributed by atoms with van der Waals surface area (Å²) in [5.41, 5.74) is 4.53. The van der Waals surface area contributed by atoms with E-state index in [-0.39, 0.29) is 11.6 Å². The van der Waals surface area contributed by atoms with E-state index in [4.69, 9.17) is 0 Å². The number of fused-ring (bicyclic) bond motifs is 2. The fourth-order valence-electron chi connectivity index (χ4n) is 3.52. The van der Waals surface area contributed by atoms with E-state index in [1.165, 1.54) is 0 Å². The first-order valence-corrected chi connectivity index (χ1v) is 8.00. The standard InChI is InChI=1S/C19H21NO2/c1-4-8-14-15(9-5-2)20(3)17-16(14)18(21)12-10-6-7-11-13(12)19(17)22/h6-7,10-11H,4-5,8-9H2,1-3H3. The molecule has 114 valence electrons. The lowest BCUT2D eigenvalue weighted by molar-refractivity contribution is 0.0973. The van der Waals surface area contributed by atoms with E-state index in [0.29, 0.717) is 22.4 Å². The van der Waals surface area contributed by atoms with Crippen LogP contribution in [0.1, 0.15) is 69.9 Å². The van der Waals surface area contributed by atoms with Gasteiger partial charge in [0, 0.05) is 23.9 Å². The average molecular weight is 295 g/mol. The predicted molar refractivity (Wildman–Crippen MR) is 86.7 cm³/mol. The minimum absolute atomic E-state index is 0.00611. The largest absolute Gasteiger partial charge is 0.344 e. The van der Waals surface area contributed by atoms with Crippen molar-refractivity contribution in [3.8, 4) is 0 Å². The summed E-state index contributed by atoms with van der Waals surface area (Å²) in [4.78, 5) is 25.8. The number of carbonyl (C=O) groups excluding carboxylic acids is 2. The Bertz CT molecular complexity index is 768. The third-order valence-corrected chi connectivity index (χ3v) is 4.47. The van der Waals surface area contributed by atoms with Gasteiger partial charge in [0.1, 0.15) is 5.69 Å². The van der Waals surface area contributed by atoms with E-state index < -0.39 is 0 Å². The van der Waals surface area contributed by atoms with Crippen molar-refractivity contribution in [2.24, 2.45) is 7.05 Å². The van der Waals surface area contributed by atoms with Gasteiger partial charge in [-0.1, -0.05) is 51.0 Å². The van der Waals surface area contributed by atoms with Crippen LogP contribution in [0.4, 0.5) is 0 Å². The number of benzene rings is 1. The molecule has 0 saturated carbocycles. The number of hydrogen-bond donors (Lipinski definition) is 0. The Hall–Kier alpha value is -2.16. The van der Waals surface area contributed by atoms with Gasteiger partial charge in [0.05, 0.1) is 5.56 Å². The van der Waals surface area contributed by atoms with Gasteiger partial charge in [-0.05, 0) is 18.4 Å². The first kappa shape index (κ1) is 14.8. The molecule has 0 N–H and O–H groups in total. The molecular formula is C19H21NO2. The summed E-state index contributed by atoms with van der Waals surface area (Å²) in [7, 11) is 1.92. The molecule has 3 rings (SSSR count). The van der Waals surface area contributed by atoms with Gasteiger partial charge in [-0.2, -0.15) is 0 Å². The van der Waals surface area contributed by atoms with E-state index in [9.17, 15) is 9.59 Å². The number of carbonyl (C=O) groups is 2. The lowest BCUT2D eigenvalue weighted by atomic mass is 9.85. The van der Waals surface area contributed by atoms with Crippen molar-refractivity contribution in [3.63, 3.8) is 0 Å². The Labute approximate surface area is 131 Å². The zero-order valence-electron chi connectivity index (χ0n) is 13.4. The molecule has 1 aromatic heterocycles. The maximum Gasteiger partial charge on any atom is 0.210 e. The Morgan fingerprint density at radius 1 is 0.909 bits per heavy atom. The lowest BCUT2D eigenvalue weighted by Gasteiger charge is -2.16. The first-order chi connectivity index (χ1) is 10.6. The average Bonchev–Trinajstić information content (AvgIpc) is 2.79. The maximum absolute atomic E-state index is 13.0. The summed E-state index contributed by atoms with van der Waals surface area (Å²) in [5.74, 6) is -0.0148. The quantitative estimate of drug-likeness (QED) is 0.736. The minimum atomic E-state index is -0.0209. The number of ketones is 2. The van der Waals surface area contributed by atoms with E-state index in [1.807, 2.05) is 23.7 Å². The number of nitrogens with zero attached hydrogens (tertiary/aromatic N) is 1. The molecule has 2 aromatic rings. The van der Waals surface area contributed by atoms with Gasteiger partial charge in [-0.3, -0.25) is 9.59 Å². The van der Waals surface area contributed by atoms with Crippen LogP contribution in [0.2, 0.25) is 0 Å². The summed E-state index contributed by atoms with van der Waals surface area (Å²) in [6.07, 6.45) is 3.72. The highest BCUT2D eigenvalue weighted by molar-refractivity contribution is 6.28. The Morgan fingerprint density at radius 2 is 1.50 bits per heavy atom. The molecule has 0 unspecified atom stereocenters. The molecule has 0 atom stereocenters. The van der Waals surface area contributed by atoms with Crippen LogP contribution >= 0.6 is 0 Å². The third-order valence-electron chi connectivity index (χ3n) is 4.47. The van der Waals surface area contributed by atoms with Crippen LogP contribution in [0.3, 0.4) is 0 Å². The summed E-state index contributed by atoms with van der Waals surface area (Å²) in [5, 5.41) is 0. The summed E-state index contributed by atoms with van der Waals surface area (Å²) >= 11 is 0. The normalized spacial score (nSPS) is 13.2. The molecule has 3 heteroatoms. The zero-order valence-corrected chi connectivity index (χ0v) is 13.4. The second-order valence-corrected chi connectivity index (χ2v) is 5.91. The number of aromatic nitrogens is 1. The van der Waals surface area contributed by atoms with Gasteiger partial charge in [0.15, 0.2) is 5.78 Å². The molecule has 0 aliphatic heterocycles. The first-order valence-electron chi connectivity index (χ1n) is 8.00. The molecule has 1 heterocycles. The van der Waals surface area contributed by atoms with Gasteiger partial charge >= 0.3 is 0 Å². The van der Waals surface area contributed by atoms with E-state index in [0.717, 1.165) is 36.9 Å². The topological polar surface area (TPSA) is 39.1 Å². The van der Waals surface area contributed by atoms with E-state index >= 15 is 0 Å². The van der Waals surface area contributed by atoms with Crippen molar-refractivity contribution >= 4 is 11.6 Å². The molecule has 0 amide bonds. The highest BCUT2D eigenvalue weighted by Gasteiger charge is 2.36. The summed E-state index contributed by atoms with van der Waals surface area (Å²) < 4.78 is 1.96. The molecular weight excluding hydrogens is 274 g/mol. The molecule has 0 radical (unpaired) electrons. The van der Waals surface area contributed by atoms with Crippen molar-refractivity contribution in [1.82, 2.24) is 4.57 Å². The highest BCUT2D eigenvalue weighted by Crippen LogP contribution is 2.34. The second-order valence-electron chi connectivity index (χ2n) is 5.91. The molecule has 0 saturated heterocycles. The lowest BCUT2D eigenvalue weighted by Crippen LogP contribution is -2.22. The SMILES string of the molecule is CCCc1c2c(n(C)c1CCC)C(=O)c1ccccc1C2=O. The molecule has 3 nitrogen and oxygen atoms in total. The fourth-order valence-corrected chi connectivity index (χ4v) is 3.52. The second kappa shape index (κ2) is 5.56. The molecule has 1 aliphatic carbocycles. The molecule has 0 spiro atoms. The Kier molecular flexibility index (Phi) is 3.73. The third kappa shape index (κ3) is 1.96. The monoisotopic (exact) mass is 295 g/mol. The van der Waals surface area contributed by atoms with Crippen molar-refractivity contribution in [2.45, 2.75) is 39.5 Å². The fraction of sp³-hybridized carbons (Fsp3) is 0.368. The van der Waals surface area contributed by atoms with Crippen molar-refractivity contribution in [2.75, 3.05) is 0 Å². The summed E-state index contributed by atoms with van der Waals surface area (Å²) in [6.45, 7) is 4.23. The highest BCUT2D eigenvalue weighted by atomic mass is 16.1. The zero-order chi connectivity index (χ0) is 15.9. The maximum atomic E-state index is 13.0. The van der Waals surface area contributed by atoms with Crippen LogP contribution in [0.5, 0.6) is 0 Å². The Morgan fingerprint density at radius 3 is 2.09 bits per heavy atom. The van der Waals surface area contributed by atoms with Crippen LogP contribution in [0, 0.1) is 0 Å². The van der Waals surface area contributed by atoms with Crippen molar-refractivity contribution < 1.29 is 9.59 Å². The van der Waals surface area contributed by atoms with Gasteiger partial charge in [0.25, 0.3) is 0 Å². The van der Waals surface area contributed by atoms with Gasteiger partial charge in [-0.15, -0.1) is 0 Å². The van der Waals surface area contributed by atoms with Crippen molar-refractivity contribution in [1.29, 1.82) is 0 Å². The van der Waals surface area contributed by atoms with E-state index in [1.54, 1.807) is 12.1 Å². The van der Waals surface area contributed by atoms with Crippen LogP contribution in [-0.2, 0) is 19.9 Å². The Balaban J connectivity index is 2.30. The van der Waals surface area contributed by atoms with Crippen LogP contribution in [0.15, 0.2) is 24.3 Å². The van der Waals surface area contributed by atoms with Crippen molar-refractivity contribution in [3.05, 3.63) is 57.9 Å². The number of hydrogen-bond acceptors (Lipinski definition) is 2. The minimum Gasteiger partial charge on any atom is -0.344 e. The summed E-state index contributed by atoms with van der Waals surface area (Å²) in [6, 6.07) is 7.16. The van der Waals surface area contributed by atoms with Gasteiger partial charge in [0.2, 0.25) is 5.78 Å². The van der Waals surface area contributed by atoms with Gasteiger partial charge < -0.3 is 4.57 Å². The predicted octanol–water partition coefficient (Wildman–Crippen LogP) is 3.71. The van der Waals surface area contributed by atoms with Crippen LogP contribution < -0.4 is 0 Å². The van der Waals surface area contributed by atoms with Gasteiger partial charge in [-0.25, -0.2) is 0 Å². The molecule has 0 fully saturated rings. The smallest absolute Gasteiger partial charge is 0.210 e. The molecule has 1 aromatic carbocycles. The number of rotatable bonds is 4.